The van der Waals surface area contributed by atoms with E-state index in [1.165, 1.54) is 16.8 Å². The van der Waals surface area contributed by atoms with Crippen LogP contribution in [0.2, 0.25) is 0 Å². The Balaban J connectivity index is 2.37. The van der Waals surface area contributed by atoms with Gasteiger partial charge in [0.15, 0.2) is 5.03 Å². The van der Waals surface area contributed by atoms with Crippen molar-refractivity contribution in [2.45, 2.75) is 18.5 Å². The molecule has 2 rings (SSSR count). The van der Waals surface area contributed by atoms with Crippen LogP contribution in [-0.2, 0) is 16.6 Å². The number of hydrogen-bond acceptors (Lipinski definition) is 3. The smallest absolute Gasteiger partial charge is 0.257 e. The van der Waals surface area contributed by atoms with Crippen LogP contribution in [0, 0.1) is 12.7 Å². The number of hydrogen-bond donors (Lipinski definition) is 1. The lowest BCUT2D eigenvalue weighted by Gasteiger charge is -2.05. The highest BCUT2D eigenvalue weighted by atomic mass is 32.2. The minimum Gasteiger partial charge on any atom is -0.329 e. The van der Waals surface area contributed by atoms with Crippen molar-refractivity contribution in [2.75, 3.05) is 0 Å². The zero-order chi connectivity index (χ0) is 13.3. The third-order valence-corrected chi connectivity index (χ3v) is 3.32. The Hall–Kier alpha value is -1.73. The van der Waals surface area contributed by atoms with Crippen molar-refractivity contribution in [1.82, 2.24) is 9.55 Å². The lowest BCUT2D eigenvalue weighted by atomic mass is 10.2. The van der Waals surface area contributed by atoms with E-state index in [0.717, 1.165) is 0 Å². The van der Waals surface area contributed by atoms with Gasteiger partial charge in [0, 0.05) is 11.8 Å². The molecule has 0 unspecified atom stereocenters. The molecule has 5 nitrogen and oxygen atoms in total. The lowest BCUT2D eigenvalue weighted by molar-refractivity contribution is 0.594. The first-order chi connectivity index (χ1) is 8.38. The highest BCUT2D eigenvalue weighted by Gasteiger charge is 2.14. The Morgan fingerprint density at radius 2 is 2.06 bits per heavy atom. The van der Waals surface area contributed by atoms with Gasteiger partial charge in [-0.3, -0.25) is 0 Å². The van der Waals surface area contributed by atoms with Gasteiger partial charge in [0.05, 0.1) is 6.54 Å². The summed E-state index contributed by atoms with van der Waals surface area (Å²) >= 11 is 0. The number of imidazole rings is 1. The van der Waals surface area contributed by atoms with Crippen LogP contribution in [0.15, 0.2) is 35.5 Å². The average molecular weight is 269 g/mol. The average Bonchev–Trinajstić information content (AvgIpc) is 2.63. The molecule has 1 aromatic carbocycles. The highest BCUT2D eigenvalue weighted by Crippen LogP contribution is 2.12. The molecule has 0 bridgehead atoms. The molecule has 1 heterocycles. The summed E-state index contributed by atoms with van der Waals surface area (Å²) in [5, 5.41) is 4.77. The molecule has 0 aliphatic rings. The van der Waals surface area contributed by atoms with Gasteiger partial charge in [-0.25, -0.2) is 22.9 Å². The van der Waals surface area contributed by atoms with Crippen molar-refractivity contribution < 1.29 is 12.8 Å². The fraction of sp³-hybridized carbons (Fsp3) is 0.182. The molecule has 96 valence electrons. The lowest BCUT2D eigenvalue weighted by Crippen LogP contribution is -2.12. The van der Waals surface area contributed by atoms with Crippen molar-refractivity contribution in [3.8, 4) is 0 Å². The first kappa shape index (κ1) is 12.7. The van der Waals surface area contributed by atoms with Gasteiger partial charge in [-0.05, 0) is 13.0 Å². The summed E-state index contributed by atoms with van der Waals surface area (Å²) in [4.78, 5) is 3.84. The predicted molar refractivity (Wildman–Crippen MR) is 63.8 cm³/mol. The summed E-state index contributed by atoms with van der Waals surface area (Å²) in [6, 6.07) is 6.29. The van der Waals surface area contributed by atoms with Crippen LogP contribution in [0.25, 0.3) is 0 Å². The van der Waals surface area contributed by atoms with Gasteiger partial charge < -0.3 is 4.57 Å². The molecule has 0 radical (unpaired) electrons. The third kappa shape index (κ3) is 2.57. The first-order valence-electron chi connectivity index (χ1n) is 5.18. The van der Waals surface area contributed by atoms with Crippen LogP contribution in [-0.4, -0.2) is 18.0 Å². The Morgan fingerprint density at radius 3 is 2.61 bits per heavy atom. The fourth-order valence-electron chi connectivity index (χ4n) is 1.59. The molecule has 2 N–H and O–H groups in total. The van der Waals surface area contributed by atoms with E-state index in [-0.39, 0.29) is 17.4 Å². The standard InChI is InChI=1S/C11H12FN3O2S/c1-8-14-11(18(13,16)17)7-15(8)6-9-4-2-3-5-10(9)12/h2-5,7H,6H2,1H3,(H2,13,16,17). The molecule has 2 aromatic rings. The molecule has 0 saturated carbocycles. The molecule has 0 amide bonds. The van der Waals surface area contributed by atoms with E-state index in [0.29, 0.717) is 11.4 Å². The maximum absolute atomic E-state index is 13.5. The fourth-order valence-corrected chi connectivity index (χ4v) is 2.12. The number of aromatic nitrogens is 2. The predicted octanol–water partition coefficient (Wildman–Crippen LogP) is 1.03. The van der Waals surface area contributed by atoms with Crippen LogP contribution in [0.3, 0.4) is 0 Å². The summed E-state index contributed by atoms with van der Waals surface area (Å²) in [7, 11) is -3.83. The summed E-state index contributed by atoms with van der Waals surface area (Å²) < 4.78 is 37.3. The zero-order valence-electron chi connectivity index (χ0n) is 9.67. The number of aryl methyl sites for hydroxylation is 1. The molecular weight excluding hydrogens is 257 g/mol. The SMILES string of the molecule is Cc1nc(S(N)(=O)=O)cn1Cc1ccccc1F. The molecule has 0 aliphatic heterocycles. The van der Waals surface area contributed by atoms with E-state index < -0.39 is 10.0 Å². The van der Waals surface area contributed by atoms with Crippen molar-refractivity contribution in [2.24, 2.45) is 5.14 Å². The molecule has 7 heteroatoms. The van der Waals surface area contributed by atoms with Gasteiger partial charge in [0.25, 0.3) is 10.0 Å². The second-order valence-corrected chi connectivity index (χ2v) is 5.40. The van der Waals surface area contributed by atoms with Crippen molar-refractivity contribution >= 4 is 10.0 Å². The maximum Gasteiger partial charge on any atom is 0.257 e. The number of rotatable bonds is 3. The summed E-state index contributed by atoms with van der Waals surface area (Å²) in [5.41, 5.74) is 0.457. The molecule has 0 saturated heterocycles. The number of primary sulfonamides is 1. The number of halogens is 1. The molecular formula is C11H12FN3O2S. The Kier molecular flexibility index (Phi) is 3.18. The molecule has 0 aliphatic carbocycles. The van der Waals surface area contributed by atoms with Gasteiger partial charge in [0.2, 0.25) is 0 Å². The van der Waals surface area contributed by atoms with Crippen molar-refractivity contribution in [3.63, 3.8) is 0 Å². The Labute approximate surface area is 104 Å². The van der Waals surface area contributed by atoms with Gasteiger partial charge >= 0.3 is 0 Å². The van der Waals surface area contributed by atoms with Crippen LogP contribution in [0.4, 0.5) is 4.39 Å². The summed E-state index contributed by atoms with van der Waals surface area (Å²) in [6.07, 6.45) is 1.30. The van der Waals surface area contributed by atoms with E-state index in [1.807, 2.05) is 0 Å². The van der Waals surface area contributed by atoms with Crippen LogP contribution >= 0.6 is 0 Å². The highest BCUT2D eigenvalue weighted by molar-refractivity contribution is 7.89. The Morgan fingerprint density at radius 1 is 1.39 bits per heavy atom. The van der Waals surface area contributed by atoms with Gasteiger partial charge in [-0.2, -0.15) is 0 Å². The van der Waals surface area contributed by atoms with E-state index in [4.69, 9.17) is 5.14 Å². The van der Waals surface area contributed by atoms with Crippen LogP contribution < -0.4 is 5.14 Å². The van der Waals surface area contributed by atoms with Gasteiger partial charge in [-0.1, -0.05) is 18.2 Å². The zero-order valence-corrected chi connectivity index (χ0v) is 10.5. The molecule has 0 fully saturated rings. The molecule has 18 heavy (non-hydrogen) atoms. The summed E-state index contributed by atoms with van der Waals surface area (Å²) in [6.45, 7) is 1.84. The minimum atomic E-state index is -3.83. The van der Waals surface area contributed by atoms with E-state index >= 15 is 0 Å². The second kappa shape index (κ2) is 4.51. The number of nitrogens with two attached hydrogens (primary N) is 1. The quantitative estimate of drug-likeness (QED) is 0.903. The van der Waals surface area contributed by atoms with E-state index in [2.05, 4.69) is 4.98 Å². The number of benzene rings is 1. The number of nitrogens with zero attached hydrogens (tertiary/aromatic N) is 2. The second-order valence-electron chi connectivity index (χ2n) is 3.89. The largest absolute Gasteiger partial charge is 0.329 e. The van der Waals surface area contributed by atoms with E-state index in [1.54, 1.807) is 25.1 Å². The monoisotopic (exact) mass is 269 g/mol. The van der Waals surface area contributed by atoms with Crippen molar-refractivity contribution in [1.29, 1.82) is 0 Å². The van der Waals surface area contributed by atoms with Gasteiger partial charge in [-0.15, -0.1) is 0 Å². The maximum atomic E-state index is 13.5. The first-order valence-corrected chi connectivity index (χ1v) is 6.72. The Bertz CT molecular complexity index is 679. The molecule has 0 spiro atoms. The van der Waals surface area contributed by atoms with Gasteiger partial charge in [0.1, 0.15) is 11.6 Å². The van der Waals surface area contributed by atoms with Crippen LogP contribution in [0.1, 0.15) is 11.4 Å². The van der Waals surface area contributed by atoms with E-state index in [9.17, 15) is 12.8 Å². The summed E-state index contributed by atoms with van der Waals surface area (Å²) in [5.74, 6) is 0.116. The third-order valence-electron chi connectivity index (χ3n) is 2.54. The normalized spacial score (nSPS) is 11.7. The topological polar surface area (TPSA) is 78.0 Å². The van der Waals surface area contributed by atoms with Crippen molar-refractivity contribution in [3.05, 3.63) is 47.7 Å². The molecule has 1 aromatic heterocycles. The number of sulfonamides is 1. The minimum absolute atomic E-state index is 0.209. The van der Waals surface area contributed by atoms with Crippen LogP contribution in [0.5, 0.6) is 0 Å². The molecule has 0 atom stereocenters.